The Balaban J connectivity index is 1.19. The highest BCUT2D eigenvalue weighted by Crippen LogP contribution is 2.35. The molecule has 0 saturated heterocycles. The third-order valence-corrected chi connectivity index (χ3v) is 8.08. The molecule has 0 amide bonds. The third kappa shape index (κ3) is 4.76. The third-order valence-electron chi connectivity index (χ3n) is 8.08. The van der Waals surface area contributed by atoms with E-state index in [0.29, 0.717) is 5.82 Å². The second-order valence-electron chi connectivity index (χ2n) is 10.7. The van der Waals surface area contributed by atoms with E-state index in [9.17, 15) is 0 Å². The zero-order valence-electron chi connectivity index (χ0n) is 23.7. The summed E-state index contributed by atoms with van der Waals surface area (Å²) in [6.45, 7) is 0. The summed E-state index contributed by atoms with van der Waals surface area (Å²) < 4.78 is 0. The van der Waals surface area contributed by atoms with Gasteiger partial charge in [0.25, 0.3) is 0 Å². The fourth-order valence-electron chi connectivity index (χ4n) is 5.86. The average molecular weight is 564 g/mol. The normalized spacial score (nSPS) is 11.2. The summed E-state index contributed by atoms with van der Waals surface area (Å²) in [7, 11) is 0. The van der Waals surface area contributed by atoms with E-state index >= 15 is 0 Å². The van der Waals surface area contributed by atoms with Gasteiger partial charge in [0.15, 0.2) is 5.82 Å². The van der Waals surface area contributed by atoms with E-state index in [0.717, 1.165) is 60.8 Å². The molecule has 0 bridgehead atoms. The summed E-state index contributed by atoms with van der Waals surface area (Å²) >= 11 is 0. The van der Waals surface area contributed by atoms with Crippen LogP contribution in [0.2, 0.25) is 0 Å². The van der Waals surface area contributed by atoms with Crippen molar-refractivity contribution in [3.63, 3.8) is 0 Å². The van der Waals surface area contributed by atoms with Crippen LogP contribution in [0.4, 0.5) is 0 Å². The van der Waals surface area contributed by atoms with Crippen LogP contribution in [-0.4, -0.2) is 24.9 Å². The van der Waals surface area contributed by atoms with Crippen LogP contribution in [-0.2, 0) is 0 Å². The largest absolute Gasteiger partial charge is 0.263 e. The van der Waals surface area contributed by atoms with Crippen molar-refractivity contribution in [2.75, 3.05) is 0 Å². The van der Waals surface area contributed by atoms with E-state index in [1.165, 1.54) is 23.4 Å². The monoisotopic (exact) mass is 563 g/mol. The fraction of sp³-hybridized carbons (Fsp3) is 0. The Labute approximate surface area is 254 Å². The molecule has 0 spiro atoms. The lowest BCUT2D eigenvalue weighted by Gasteiger charge is -2.12. The highest BCUT2D eigenvalue weighted by Gasteiger charge is 2.11. The summed E-state index contributed by atoms with van der Waals surface area (Å²) in [6, 6.07) is 40.6. The van der Waals surface area contributed by atoms with Gasteiger partial charge in [-0.1, -0.05) is 97.1 Å². The van der Waals surface area contributed by atoms with Gasteiger partial charge in [-0.3, -0.25) is 9.97 Å². The Morgan fingerprint density at radius 2 is 0.773 bits per heavy atom. The van der Waals surface area contributed by atoms with Crippen LogP contribution in [0.15, 0.2) is 153 Å². The Bertz CT molecular complexity index is 2110. The molecule has 0 aliphatic carbocycles. The van der Waals surface area contributed by atoms with Gasteiger partial charge in [0, 0.05) is 52.3 Å². The Hall–Kier alpha value is -6.07. The summed E-state index contributed by atoms with van der Waals surface area (Å²) in [5, 5.41) is 4.65. The predicted molar refractivity (Wildman–Crippen MR) is 178 cm³/mol. The number of nitrogens with zero attached hydrogens (tertiary/aromatic N) is 5. The van der Waals surface area contributed by atoms with Gasteiger partial charge in [0.05, 0.1) is 0 Å². The molecule has 5 nitrogen and oxygen atoms in total. The first-order chi connectivity index (χ1) is 21.8. The maximum Gasteiger partial charge on any atom is 0.162 e. The molecular weight excluding hydrogens is 538 g/mol. The molecule has 0 radical (unpaired) electrons. The van der Waals surface area contributed by atoms with Crippen LogP contribution in [0.25, 0.3) is 77.4 Å². The first-order valence-corrected chi connectivity index (χ1v) is 14.4. The zero-order valence-corrected chi connectivity index (χ0v) is 23.7. The molecule has 206 valence electrons. The molecule has 3 aromatic heterocycles. The lowest BCUT2D eigenvalue weighted by Crippen LogP contribution is -1.92. The second kappa shape index (κ2) is 11.0. The van der Waals surface area contributed by atoms with Gasteiger partial charge >= 0.3 is 0 Å². The van der Waals surface area contributed by atoms with Crippen molar-refractivity contribution in [1.82, 2.24) is 24.9 Å². The average Bonchev–Trinajstić information content (AvgIpc) is 3.11. The van der Waals surface area contributed by atoms with Crippen LogP contribution in [0.3, 0.4) is 0 Å². The molecule has 0 aliphatic heterocycles. The van der Waals surface area contributed by atoms with Gasteiger partial charge in [-0.2, -0.15) is 0 Å². The van der Waals surface area contributed by atoms with Crippen molar-refractivity contribution in [2.45, 2.75) is 0 Å². The molecule has 8 aromatic rings. The molecule has 0 aliphatic rings. The SMILES string of the molecule is c1ccc2c(-c3ccc(-c4cc(-c5ccc(-c6cncc7ccccc67)cc5)cc(-c5ncncn5)c4)cc3)cncc2c1. The van der Waals surface area contributed by atoms with Crippen molar-refractivity contribution in [3.8, 4) is 55.9 Å². The minimum atomic E-state index is 0.639. The van der Waals surface area contributed by atoms with Gasteiger partial charge in [-0.15, -0.1) is 0 Å². The molecule has 5 aromatic carbocycles. The van der Waals surface area contributed by atoms with Crippen LogP contribution in [0.1, 0.15) is 0 Å². The highest BCUT2D eigenvalue weighted by atomic mass is 15.0. The molecule has 8 rings (SSSR count). The number of fused-ring (bicyclic) bond motifs is 2. The Morgan fingerprint density at radius 3 is 1.27 bits per heavy atom. The Morgan fingerprint density at radius 1 is 0.341 bits per heavy atom. The summed E-state index contributed by atoms with van der Waals surface area (Å²) in [5.74, 6) is 0.639. The highest BCUT2D eigenvalue weighted by molar-refractivity contribution is 5.97. The molecule has 0 atom stereocenters. The smallest absolute Gasteiger partial charge is 0.162 e. The topological polar surface area (TPSA) is 64.5 Å². The lowest BCUT2D eigenvalue weighted by molar-refractivity contribution is 1.06. The number of aromatic nitrogens is 5. The van der Waals surface area contributed by atoms with Crippen molar-refractivity contribution in [2.24, 2.45) is 0 Å². The Kier molecular flexibility index (Phi) is 6.39. The molecular formula is C39H25N5. The number of hydrogen-bond acceptors (Lipinski definition) is 5. The van der Waals surface area contributed by atoms with E-state index < -0.39 is 0 Å². The first kappa shape index (κ1) is 25.6. The van der Waals surface area contributed by atoms with Gasteiger partial charge in [-0.05, 0) is 62.4 Å². The zero-order chi connectivity index (χ0) is 29.3. The molecule has 0 fully saturated rings. The fourth-order valence-corrected chi connectivity index (χ4v) is 5.86. The molecule has 0 unspecified atom stereocenters. The van der Waals surface area contributed by atoms with E-state index in [4.69, 9.17) is 0 Å². The van der Waals surface area contributed by atoms with Crippen LogP contribution >= 0.6 is 0 Å². The lowest BCUT2D eigenvalue weighted by atomic mass is 9.93. The maximum absolute atomic E-state index is 4.48. The van der Waals surface area contributed by atoms with Gasteiger partial charge in [0.1, 0.15) is 12.7 Å². The number of hydrogen-bond donors (Lipinski definition) is 0. The molecule has 5 heteroatoms. The minimum Gasteiger partial charge on any atom is -0.263 e. The standard InChI is InChI=1S/C39H25N5/c1-3-7-35-30(5-1)20-40-22-37(35)28-13-9-26(10-14-28)32-17-33(19-34(18-32)39-43-24-42-25-44-39)27-11-15-29(16-12-27)38-23-41-21-31-6-2-4-8-36(31)38/h1-25H. The number of rotatable bonds is 5. The number of benzene rings is 5. The molecule has 44 heavy (non-hydrogen) atoms. The van der Waals surface area contributed by atoms with Crippen molar-refractivity contribution >= 4 is 21.5 Å². The summed E-state index contributed by atoms with van der Waals surface area (Å²) in [4.78, 5) is 21.9. The second-order valence-corrected chi connectivity index (χ2v) is 10.7. The molecule has 3 heterocycles. The first-order valence-electron chi connectivity index (χ1n) is 14.4. The van der Waals surface area contributed by atoms with Gasteiger partial charge in [-0.25, -0.2) is 15.0 Å². The number of pyridine rings is 2. The molecule has 0 saturated carbocycles. The maximum atomic E-state index is 4.48. The van der Waals surface area contributed by atoms with Gasteiger partial charge in [0.2, 0.25) is 0 Å². The molecule has 0 N–H and O–H groups in total. The van der Waals surface area contributed by atoms with Crippen molar-refractivity contribution < 1.29 is 0 Å². The predicted octanol–water partition coefficient (Wildman–Crippen LogP) is 9.30. The van der Waals surface area contributed by atoms with E-state index in [-0.39, 0.29) is 0 Å². The van der Waals surface area contributed by atoms with Crippen LogP contribution in [0, 0.1) is 0 Å². The van der Waals surface area contributed by atoms with E-state index in [1.54, 1.807) is 0 Å². The van der Waals surface area contributed by atoms with Crippen LogP contribution < -0.4 is 0 Å². The van der Waals surface area contributed by atoms with Crippen molar-refractivity contribution in [3.05, 3.63) is 153 Å². The van der Waals surface area contributed by atoms with E-state index in [1.807, 2.05) is 36.9 Å². The van der Waals surface area contributed by atoms with Gasteiger partial charge < -0.3 is 0 Å². The van der Waals surface area contributed by atoms with Crippen LogP contribution in [0.5, 0.6) is 0 Å². The van der Waals surface area contributed by atoms with Crippen molar-refractivity contribution in [1.29, 1.82) is 0 Å². The summed E-state index contributed by atoms with van der Waals surface area (Å²) in [6.07, 6.45) is 10.8. The quantitative estimate of drug-likeness (QED) is 0.209. The summed E-state index contributed by atoms with van der Waals surface area (Å²) in [5.41, 5.74) is 9.83. The van der Waals surface area contributed by atoms with E-state index in [2.05, 4.69) is 128 Å². The minimum absolute atomic E-state index is 0.639.